The summed E-state index contributed by atoms with van der Waals surface area (Å²) in [5.41, 5.74) is 7.05. The van der Waals surface area contributed by atoms with Crippen LogP contribution in [-0.4, -0.2) is 10.1 Å². The van der Waals surface area contributed by atoms with Crippen molar-refractivity contribution in [2.75, 3.05) is 0 Å². The zero-order valence-electron chi connectivity index (χ0n) is 11.5. The van der Waals surface area contributed by atoms with Crippen LogP contribution < -0.4 is 5.73 Å². The van der Waals surface area contributed by atoms with Crippen LogP contribution in [0, 0.1) is 12.7 Å². The van der Waals surface area contributed by atoms with Gasteiger partial charge < -0.3 is 10.3 Å². The summed E-state index contributed by atoms with van der Waals surface area (Å²) in [6, 6.07) is 4.92. The fourth-order valence-electron chi connectivity index (χ4n) is 2.67. The fourth-order valence-corrected chi connectivity index (χ4v) is 2.67. The number of aryl methyl sites for hydroxylation is 1. The molecule has 0 atom stereocenters. The number of rotatable bonds is 2. The van der Waals surface area contributed by atoms with Crippen molar-refractivity contribution in [3.8, 4) is 11.4 Å². The Labute approximate surface area is 117 Å². The average molecular weight is 275 g/mol. The van der Waals surface area contributed by atoms with Crippen LogP contribution in [0.1, 0.15) is 43.6 Å². The van der Waals surface area contributed by atoms with Crippen molar-refractivity contribution in [1.29, 1.82) is 0 Å². The Morgan fingerprint density at radius 1 is 1.25 bits per heavy atom. The molecule has 1 heterocycles. The maximum Gasteiger partial charge on any atom is 0.247 e. The minimum absolute atomic E-state index is 0.269. The Hall–Kier alpha value is -1.75. The van der Waals surface area contributed by atoms with Crippen LogP contribution in [0.15, 0.2) is 22.7 Å². The van der Waals surface area contributed by atoms with Crippen LogP contribution in [0.3, 0.4) is 0 Å². The molecule has 0 aliphatic heterocycles. The SMILES string of the molecule is Cc1ccc(-c2noc(C3(N)CCCCC3)n2)cc1F. The number of benzene rings is 1. The van der Waals surface area contributed by atoms with Gasteiger partial charge in [-0.3, -0.25) is 0 Å². The van der Waals surface area contributed by atoms with Gasteiger partial charge in [0, 0.05) is 5.56 Å². The van der Waals surface area contributed by atoms with Crippen LogP contribution in [0.2, 0.25) is 0 Å². The molecule has 1 fully saturated rings. The van der Waals surface area contributed by atoms with Gasteiger partial charge in [0.1, 0.15) is 5.82 Å². The molecule has 0 amide bonds. The van der Waals surface area contributed by atoms with Gasteiger partial charge >= 0.3 is 0 Å². The summed E-state index contributed by atoms with van der Waals surface area (Å²) >= 11 is 0. The molecule has 4 nitrogen and oxygen atoms in total. The average Bonchev–Trinajstić information content (AvgIpc) is 2.93. The monoisotopic (exact) mass is 275 g/mol. The van der Waals surface area contributed by atoms with Gasteiger partial charge in [-0.2, -0.15) is 4.98 Å². The first-order valence-electron chi connectivity index (χ1n) is 6.98. The Morgan fingerprint density at radius 2 is 2.00 bits per heavy atom. The highest BCUT2D eigenvalue weighted by Gasteiger charge is 2.35. The summed E-state index contributed by atoms with van der Waals surface area (Å²) in [5.74, 6) is 0.594. The highest BCUT2D eigenvalue weighted by atomic mass is 19.1. The number of hydrogen-bond acceptors (Lipinski definition) is 4. The van der Waals surface area contributed by atoms with Crippen molar-refractivity contribution in [2.45, 2.75) is 44.6 Å². The molecule has 0 saturated heterocycles. The van der Waals surface area contributed by atoms with Crippen LogP contribution in [0.5, 0.6) is 0 Å². The van der Waals surface area contributed by atoms with E-state index in [9.17, 15) is 4.39 Å². The third-order valence-corrected chi connectivity index (χ3v) is 4.03. The molecule has 0 unspecified atom stereocenters. The van der Waals surface area contributed by atoms with E-state index in [1.54, 1.807) is 19.1 Å². The molecule has 0 spiro atoms. The molecule has 1 aromatic carbocycles. The summed E-state index contributed by atoms with van der Waals surface area (Å²) in [6.07, 6.45) is 5.07. The van der Waals surface area contributed by atoms with E-state index >= 15 is 0 Å². The quantitative estimate of drug-likeness (QED) is 0.913. The van der Waals surface area contributed by atoms with Crippen LogP contribution >= 0.6 is 0 Å². The normalized spacial score (nSPS) is 18.1. The number of aromatic nitrogens is 2. The van der Waals surface area contributed by atoms with Crippen molar-refractivity contribution >= 4 is 0 Å². The minimum atomic E-state index is -0.521. The van der Waals surface area contributed by atoms with Gasteiger partial charge in [-0.25, -0.2) is 4.39 Å². The largest absolute Gasteiger partial charge is 0.337 e. The maximum absolute atomic E-state index is 13.6. The smallest absolute Gasteiger partial charge is 0.247 e. The Bertz CT molecular complexity index is 617. The van der Waals surface area contributed by atoms with E-state index in [0.717, 1.165) is 25.7 Å². The molecule has 5 heteroatoms. The summed E-state index contributed by atoms with van der Waals surface area (Å²) in [4.78, 5) is 4.38. The third kappa shape index (κ3) is 2.33. The lowest BCUT2D eigenvalue weighted by molar-refractivity contribution is 0.220. The molecular weight excluding hydrogens is 257 g/mol. The number of nitrogens with zero attached hydrogens (tertiary/aromatic N) is 2. The Morgan fingerprint density at radius 3 is 2.70 bits per heavy atom. The van der Waals surface area contributed by atoms with E-state index < -0.39 is 5.54 Å². The fraction of sp³-hybridized carbons (Fsp3) is 0.467. The molecule has 2 N–H and O–H groups in total. The van der Waals surface area contributed by atoms with E-state index in [0.29, 0.717) is 22.8 Å². The van der Waals surface area contributed by atoms with E-state index in [1.165, 1.54) is 12.5 Å². The van der Waals surface area contributed by atoms with Gasteiger partial charge in [0.15, 0.2) is 0 Å². The second-order valence-corrected chi connectivity index (χ2v) is 5.60. The summed E-state index contributed by atoms with van der Waals surface area (Å²) < 4.78 is 18.9. The van der Waals surface area contributed by atoms with Crippen molar-refractivity contribution < 1.29 is 8.91 Å². The molecule has 0 radical (unpaired) electrons. The van der Waals surface area contributed by atoms with E-state index in [1.807, 2.05) is 0 Å². The lowest BCUT2D eigenvalue weighted by Gasteiger charge is -2.29. The first kappa shape index (κ1) is 13.2. The van der Waals surface area contributed by atoms with Gasteiger partial charge in [-0.05, 0) is 31.4 Å². The second kappa shape index (κ2) is 4.98. The number of nitrogens with two attached hydrogens (primary N) is 1. The maximum atomic E-state index is 13.6. The minimum Gasteiger partial charge on any atom is -0.337 e. The molecule has 20 heavy (non-hydrogen) atoms. The molecule has 3 rings (SSSR count). The molecule has 0 bridgehead atoms. The zero-order chi connectivity index (χ0) is 14.2. The van der Waals surface area contributed by atoms with Gasteiger partial charge in [-0.15, -0.1) is 0 Å². The van der Waals surface area contributed by atoms with E-state index in [2.05, 4.69) is 10.1 Å². The van der Waals surface area contributed by atoms with Crippen LogP contribution in [-0.2, 0) is 5.54 Å². The summed E-state index contributed by atoms with van der Waals surface area (Å²) in [7, 11) is 0. The van der Waals surface area contributed by atoms with Gasteiger partial charge in [0.05, 0.1) is 5.54 Å². The van der Waals surface area contributed by atoms with Crippen LogP contribution in [0.4, 0.5) is 4.39 Å². The molecule has 106 valence electrons. The molecule has 1 aliphatic carbocycles. The Kier molecular flexibility index (Phi) is 3.30. The lowest BCUT2D eigenvalue weighted by Crippen LogP contribution is -2.38. The molecule has 1 aliphatic rings. The topological polar surface area (TPSA) is 64.9 Å². The van der Waals surface area contributed by atoms with E-state index in [-0.39, 0.29) is 5.82 Å². The second-order valence-electron chi connectivity index (χ2n) is 5.60. The first-order valence-corrected chi connectivity index (χ1v) is 6.98. The molecule has 1 aromatic heterocycles. The molecule has 1 saturated carbocycles. The van der Waals surface area contributed by atoms with Gasteiger partial charge in [-0.1, -0.05) is 36.6 Å². The van der Waals surface area contributed by atoms with Gasteiger partial charge in [0.2, 0.25) is 11.7 Å². The van der Waals surface area contributed by atoms with Crippen molar-refractivity contribution in [2.24, 2.45) is 5.73 Å². The predicted molar refractivity (Wildman–Crippen MR) is 73.4 cm³/mol. The number of hydrogen-bond donors (Lipinski definition) is 1. The van der Waals surface area contributed by atoms with E-state index in [4.69, 9.17) is 10.3 Å². The number of halogens is 1. The highest BCUT2D eigenvalue weighted by Crippen LogP contribution is 2.34. The predicted octanol–water partition coefficient (Wildman–Crippen LogP) is 3.30. The Balaban J connectivity index is 1.91. The first-order chi connectivity index (χ1) is 9.58. The molecular formula is C15H18FN3O. The highest BCUT2D eigenvalue weighted by molar-refractivity contribution is 5.55. The van der Waals surface area contributed by atoms with Crippen molar-refractivity contribution in [1.82, 2.24) is 10.1 Å². The lowest BCUT2D eigenvalue weighted by atomic mass is 9.82. The summed E-state index contributed by atoms with van der Waals surface area (Å²) in [5, 5.41) is 3.94. The third-order valence-electron chi connectivity index (χ3n) is 4.03. The van der Waals surface area contributed by atoms with Crippen LogP contribution in [0.25, 0.3) is 11.4 Å². The summed E-state index contributed by atoms with van der Waals surface area (Å²) in [6.45, 7) is 1.72. The van der Waals surface area contributed by atoms with Crippen molar-refractivity contribution in [3.63, 3.8) is 0 Å². The van der Waals surface area contributed by atoms with Gasteiger partial charge in [0.25, 0.3) is 0 Å². The van der Waals surface area contributed by atoms with Crippen molar-refractivity contribution in [3.05, 3.63) is 35.5 Å². The standard InChI is InChI=1S/C15H18FN3O/c1-10-5-6-11(9-12(10)16)13-18-14(20-19-13)15(17)7-3-2-4-8-15/h5-6,9H,2-4,7-8,17H2,1H3. The molecule has 2 aromatic rings. The zero-order valence-corrected chi connectivity index (χ0v) is 11.5.